The molecule has 2 bridgehead atoms. The van der Waals surface area contributed by atoms with Crippen molar-refractivity contribution in [1.82, 2.24) is 15.2 Å². The minimum absolute atomic E-state index is 0.00437. The molecule has 0 amide bonds. The third-order valence-electron chi connectivity index (χ3n) is 9.36. The van der Waals surface area contributed by atoms with Gasteiger partial charge in [0, 0.05) is 37.5 Å². The van der Waals surface area contributed by atoms with E-state index >= 15 is 4.39 Å². The summed E-state index contributed by atoms with van der Waals surface area (Å²) in [5.74, 6) is -1.77. The largest absolute Gasteiger partial charge is 0.493 e. The summed E-state index contributed by atoms with van der Waals surface area (Å²) in [7, 11) is 1.29. The average Bonchev–Trinajstić information content (AvgIpc) is 3.14. The molecule has 3 saturated heterocycles. The molecule has 52 heavy (non-hydrogen) atoms. The van der Waals surface area contributed by atoms with Crippen LogP contribution in [0.3, 0.4) is 0 Å². The maximum Gasteiger partial charge on any atom is 0.387 e. The van der Waals surface area contributed by atoms with Gasteiger partial charge in [-0.15, -0.1) is 0 Å². The van der Waals surface area contributed by atoms with E-state index in [2.05, 4.69) is 19.9 Å². The lowest BCUT2D eigenvalue weighted by Crippen LogP contribution is -2.52. The van der Waals surface area contributed by atoms with Crippen molar-refractivity contribution < 1.29 is 41.7 Å². The van der Waals surface area contributed by atoms with Gasteiger partial charge in [-0.25, -0.2) is 14.0 Å². The number of piperidine rings is 3. The molecule has 1 aromatic heterocycles. The first-order valence-corrected chi connectivity index (χ1v) is 17.5. The van der Waals surface area contributed by atoms with Crippen LogP contribution in [0.25, 0.3) is 0 Å². The highest BCUT2D eigenvalue weighted by Crippen LogP contribution is 2.37. The lowest BCUT2D eigenvalue weighted by Gasteiger charge is -2.44. The van der Waals surface area contributed by atoms with E-state index in [9.17, 15) is 18.4 Å². The molecule has 1 N–H and O–H groups in total. The Bertz CT molecular complexity index is 1870. The molecule has 3 aliphatic heterocycles. The molecular formula is C38H36Cl2F3N3O6. The molecule has 3 aliphatic rings. The van der Waals surface area contributed by atoms with Gasteiger partial charge in [-0.05, 0) is 78.9 Å². The number of halogens is 5. The lowest BCUT2D eigenvalue weighted by molar-refractivity contribution is -0.161. The van der Waals surface area contributed by atoms with Crippen LogP contribution < -0.4 is 14.8 Å². The van der Waals surface area contributed by atoms with Gasteiger partial charge in [0.25, 0.3) is 0 Å². The number of carbonyl (C=O) groups is 2. The second-order valence-corrected chi connectivity index (χ2v) is 13.4. The summed E-state index contributed by atoms with van der Waals surface area (Å²) >= 11 is 12.8. The normalized spacial score (nSPS) is 19.2. The summed E-state index contributed by atoms with van der Waals surface area (Å²) in [5, 5.41) is 3.62. The van der Waals surface area contributed by atoms with E-state index in [1.807, 2.05) is 0 Å². The monoisotopic (exact) mass is 757 g/mol. The standard InChI is InChI=1S/C38H36Cl2F3N3O6/c1-49-33-16-24(9-10-31(33)52-38(42)43)32(17-27-28(39)19-44-20-29(27)40)50-36(47)25-6-4-5-22(15-25)18-45-35(26-7-2-3-8-30(26)41)37(48)51-34-21-46-13-11-23(34)12-14-46/h2-10,15-16,19-20,23,32,34-35,38,45H,11-14,17-18,21H2,1H3/t32-,34-,35?/m0/s1. The zero-order chi connectivity index (χ0) is 36.8. The average molecular weight is 759 g/mol. The zero-order valence-electron chi connectivity index (χ0n) is 28.1. The van der Waals surface area contributed by atoms with Gasteiger partial charge in [-0.3, -0.25) is 15.2 Å². The smallest absolute Gasteiger partial charge is 0.387 e. The van der Waals surface area contributed by atoms with Crippen LogP contribution in [-0.4, -0.2) is 61.3 Å². The summed E-state index contributed by atoms with van der Waals surface area (Å²) in [5.41, 5.74) is 1.78. The van der Waals surface area contributed by atoms with Crippen LogP contribution >= 0.6 is 23.2 Å². The van der Waals surface area contributed by atoms with Gasteiger partial charge in [0.1, 0.15) is 24.1 Å². The Morgan fingerprint density at radius 1 is 0.981 bits per heavy atom. The number of fused-ring (bicyclic) bond motifs is 3. The Balaban J connectivity index is 1.21. The number of aromatic nitrogens is 1. The molecule has 4 heterocycles. The predicted molar refractivity (Wildman–Crippen MR) is 187 cm³/mol. The van der Waals surface area contributed by atoms with Crippen LogP contribution in [0, 0.1) is 11.7 Å². The number of ether oxygens (including phenoxy) is 4. The molecule has 9 nitrogen and oxygen atoms in total. The van der Waals surface area contributed by atoms with Crippen LogP contribution in [0.1, 0.15) is 57.6 Å². The van der Waals surface area contributed by atoms with Crippen LogP contribution in [0.5, 0.6) is 11.5 Å². The van der Waals surface area contributed by atoms with Gasteiger partial charge in [0.05, 0.1) is 22.7 Å². The van der Waals surface area contributed by atoms with Crippen molar-refractivity contribution in [2.75, 3.05) is 26.7 Å². The summed E-state index contributed by atoms with van der Waals surface area (Å²) in [6.07, 6.45) is 3.45. The van der Waals surface area contributed by atoms with E-state index in [1.165, 1.54) is 43.8 Å². The van der Waals surface area contributed by atoms with Crippen molar-refractivity contribution in [2.45, 2.75) is 50.7 Å². The van der Waals surface area contributed by atoms with E-state index in [0.717, 1.165) is 25.9 Å². The van der Waals surface area contributed by atoms with Crippen molar-refractivity contribution in [2.24, 2.45) is 5.92 Å². The lowest BCUT2D eigenvalue weighted by atomic mass is 9.86. The number of pyridine rings is 1. The van der Waals surface area contributed by atoms with Crippen molar-refractivity contribution in [3.8, 4) is 11.5 Å². The molecule has 0 saturated carbocycles. The third-order valence-corrected chi connectivity index (χ3v) is 10.0. The molecular weight excluding hydrogens is 722 g/mol. The van der Waals surface area contributed by atoms with Crippen LogP contribution in [-0.2, 0) is 27.2 Å². The Kier molecular flexibility index (Phi) is 12.2. The van der Waals surface area contributed by atoms with Gasteiger partial charge in [0.2, 0.25) is 0 Å². The fraction of sp³-hybridized carbons (Fsp3) is 0.342. The Hall–Kier alpha value is -4.36. The minimum atomic E-state index is -3.08. The fourth-order valence-electron chi connectivity index (χ4n) is 6.64. The topological polar surface area (TPSA) is 99.2 Å². The van der Waals surface area contributed by atoms with Gasteiger partial charge < -0.3 is 18.9 Å². The molecule has 14 heteroatoms. The van der Waals surface area contributed by atoms with Crippen molar-refractivity contribution in [1.29, 1.82) is 0 Å². The van der Waals surface area contributed by atoms with E-state index < -0.39 is 36.5 Å². The number of nitrogens with one attached hydrogen (secondary N) is 1. The van der Waals surface area contributed by atoms with Gasteiger partial charge >= 0.3 is 18.6 Å². The van der Waals surface area contributed by atoms with E-state index in [4.69, 9.17) is 37.4 Å². The number of rotatable bonds is 14. The first-order valence-electron chi connectivity index (χ1n) is 16.7. The summed E-state index contributed by atoms with van der Waals surface area (Å²) in [6, 6.07) is 15.7. The SMILES string of the molecule is COc1cc([C@H](Cc2c(Cl)cncc2Cl)OC(=O)c2cccc(CNC(C(=O)O[C@H]3CN4CCC3CC4)c3ccccc3F)c2)ccc1OC(F)F. The number of methoxy groups -OCH3 is 1. The van der Waals surface area contributed by atoms with Crippen molar-refractivity contribution >= 4 is 35.1 Å². The molecule has 4 aromatic rings. The predicted octanol–water partition coefficient (Wildman–Crippen LogP) is 7.75. The fourth-order valence-corrected chi connectivity index (χ4v) is 7.16. The van der Waals surface area contributed by atoms with Crippen molar-refractivity contribution in [3.05, 3.63) is 123 Å². The third kappa shape index (κ3) is 8.98. The Morgan fingerprint density at radius 2 is 1.73 bits per heavy atom. The summed E-state index contributed by atoms with van der Waals surface area (Å²) < 4.78 is 62.8. The highest BCUT2D eigenvalue weighted by Gasteiger charge is 2.38. The highest BCUT2D eigenvalue weighted by molar-refractivity contribution is 6.35. The zero-order valence-corrected chi connectivity index (χ0v) is 29.6. The number of benzene rings is 3. The second-order valence-electron chi connectivity index (χ2n) is 12.6. The quantitative estimate of drug-likeness (QED) is 0.130. The van der Waals surface area contributed by atoms with Crippen LogP contribution in [0.2, 0.25) is 10.0 Å². The number of alkyl halides is 2. The molecule has 3 atom stereocenters. The van der Waals surface area contributed by atoms with Gasteiger partial charge in [0.15, 0.2) is 11.5 Å². The van der Waals surface area contributed by atoms with Crippen LogP contribution in [0.4, 0.5) is 13.2 Å². The van der Waals surface area contributed by atoms with Crippen LogP contribution in [0.15, 0.2) is 79.1 Å². The molecule has 0 radical (unpaired) electrons. The minimum Gasteiger partial charge on any atom is -0.493 e. The number of carbonyl (C=O) groups excluding carboxylic acids is 2. The number of hydrogen-bond acceptors (Lipinski definition) is 9. The Labute approximate surface area is 308 Å². The Morgan fingerprint density at radius 3 is 2.40 bits per heavy atom. The van der Waals surface area contributed by atoms with Gasteiger partial charge in [-0.2, -0.15) is 8.78 Å². The molecule has 7 rings (SSSR count). The first-order chi connectivity index (χ1) is 25.1. The maximum atomic E-state index is 15.0. The molecule has 274 valence electrons. The van der Waals surface area contributed by atoms with E-state index in [1.54, 1.807) is 42.5 Å². The number of esters is 2. The maximum absolute atomic E-state index is 15.0. The van der Waals surface area contributed by atoms with E-state index in [-0.39, 0.29) is 57.7 Å². The number of hydrogen-bond donors (Lipinski definition) is 1. The molecule has 0 spiro atoms. The highest BCUT2D eigenvalue weighted by atomic mass is 35.5. The molecule has 3 fully saturated rings. The molecule has 0 aliphatic carbocycles. The first kappa shape index (κ1) is 37.4. The van der Waals surface area contributed by atoms with Gasteiger partial charge in [-0.1, -0.05) is 59.6 Å². The van der Waals surface area contributed by atoms with Crippen molar-refractivity contribution in [3.63, 3.8) is 0 Å². The summed E-state index contributed by atoms with van der Waals surface area (Å²) in [4.78, 5) is 33.5. The summed E-state index contributed by atoms with van der Waals surface area (Å²) in [6.45, 7) is -0.373. The molecule has 1 unspecified atom stereocenters. The second kappa shape index (κ2) is 17.0. The van der Waals surface area contributed by atoms with E-state index in [0.29, 0.717) is 23.2 Å². The molecule has 3 aromatic carbocycles. The number of nitrogens with zero attached hydrogens (tertiary/aromatic N) is 2.